The molecule has 4 nitrogen and oxygen atoms in total. The topological polar surface area (TPSA) is 16.3 Å². The van der Waals surface area contributed by atoms with Crippen molar-refractivity contribution in [3.05, 3.63) is 226 Å². The lowest BCUT2D eigenvalue weighted by Crippen LogP contribution is -2.20. The van der Waals surface area contributed by atoms with Gasteiger partial charge >= 0.3 is 0 Å². The lowest BCUT2D eigenvalue weighted by Gasteiger charge is -2.34. The summed E-state index contributed by atoms with van der Waals surface area (Å²) in [6, 6.07) is 69.6. The molecule has 2 heterocycles. The maximum absolute atomic E-state index is 7.18. The van der Waals surface area contributed by atoms with E-state index in [1.807, 2.05) is 12.1 Å². The zero-order valence-corrected chi connectivity index (χ0v) is 51.0. The summed E-state index contributed by atoms with van der Waals surface area (Å²) < 4.78 is 4.96. The average Bonchev–Trinajstić information content (AvgIpc) is 4.06. The van der Waals surface area contributed by atoms with Crippen LogP contribution < -0.4 is 9.80 Å². The fourth-order valence-corrected chi connectivity index (χ4v) is 11.8. The number of benzene rings is 9. The number of hydrogen-bond donors (Lipinski definition) is 0. The fourth-order valence-electron chi connectivity index (χ4n) is 11.5. The Bertz CT molecular complexity index is 3900. The van der Waals surface area contributed by atoms with Gasteiger partial charge in [-0.1, -0.05) is 188 Å². The predicted octanol–water partition coefficient (Wildman–Crippen LogP) is 22.6. The van der Waals surface area contributed by atoms with Crippen LogP contribution in [0.3, 0.4) is 0 Å². The largest absolute Gasteiger partial charge is 0.308 e. The van der Waals surface area contributed by atoms with Crippen LogP contribution in [0.15, 0.2) is 188 Å². The molecule has 0 aliphatic rings. The Kier molecular flexibility index (Phi) is 13.5. The molecule has 0 saturated carbocycles. The van der Waals surface area contributed by atoms with Crippen LogP contribution in [0.2, 0.25) is 10.0 Å². The molecule has 0 fully saturated rings. The number of anilines is 6. The smallest absolute Gasteiger partial charge is 0.0782 e. The molecule has 0 N–H and O–H groups in total. The van der Waals surface area contributed by atoms with Gasteiger partial charge in [-0.3, -0.25) is 0 Å². The van der Waals surface area contributed by atoms with E-state index >= 15 is 0 Å². The molecule has 0 aliphatic heterocycles. The minimum atomic E-state index is -0.291. The second kappa shape index (κ2) is 19.8. The second-order valence-corrected chi connectivity index (χ2v) is 28.1. The average molecular weight is 1090 g/mol. The van der Waals surface area contributed by atoms with Crippen LogP contribution in [0, 0.1) is 0 Å². The van der Waals surface area contributed by atoms with E-state index in [9.17, 15) is 0 Å². The lowest BCUT2D eigenvalue weighted by atomic mass is 9.84. The van der Waals surface area contributed by atoms with Gasteiger partial charge in [0.1, 0.15) is 0 Å². The Balaban J connectivity index is 1.32. The first-order valence-electron chi connectivity index (χ1n) is 28.3. The van der Waals surface area contributed by atoms with Crippen LogP contribution in [0.4, 0.5) is 34.1 Å². The molecule has 0 spiro atoms. The third-order valence-electron chi connectivity index (χ3n) is 16.1. The zero-order chi connectivity index (χ0) is 57.0. The first-order chi connectivity index (χ1) is 37.6. The molecule has 11 rings (SSSR count). The van der Waals surface area contributed by atoms with Gasteiger partial charge in [-0.15, -0.1) is 0 Å². The van der Waals surface area contributed by atoms with Crippen molar-refractivity contribution in [3.63, 3.8) is 0 Å². The van der Waals surface area contributed by atoms with Gasteiger partial charge in [0, 0.05) is 65.7 Å². The van der Waals surface area contributed by atoms with Gasteiger partial charge in [0.15, 0.2) is 0 Å². The van der Waals surface area contributed by atoms with Gasteiger partial charge < -0.3 is 18.9 Å². The van der Waals surface area contributed by atoms with Crippen molar-refractivity contribution in [3.8, 4) is 11.4 Å². The molecule has 406 valence electrons. The Hall–Kier alpha value is -7.24. The highest BCUT2D eigenvalue weighted by molar-refractivity contribution is 6.31. The molecule has 0 atom stereocenters. The first kappa shape index (κ1) is 54.7. The van der Waals surface area contributed by atoms with Gasteiger partial charge in [-0.2, -0.15) is 0 Å². The number of hydrogen-bond acceptors (Lipinski definition) is 2. The van der Waals surface area contributed by atoms with Gasteiger partial charge in [-0.25, -0.2) is 0 Å². The normalized spacial score (nSPS) is 12.8. The third-order valence-corrected chi connectivity index (χ3v) is 16.5. The van der Waals surface area contributed by atoms with Crippen LogP contribution in [0.25, 0.3) is 55.0 Å². The van der Waals surface area contributed by atoms with Crippen molar-refractivity contribution < 1.29 is 0 Å². The molecule has 0 unspecified atom stereocenters. The second-order valence-electron chi connectivity index (χ2n) is 27.2. The minimum Gasteiger partial charge on any atom is -0.308 e. The highest BCUT2D eigenvalue weighted by Crippen LogP contribution is 2.52. The molecular formula is C74H76Cl2N4. The molecule has 0 amide bonds. The maximum Gasteiger partial charge on any atom is 0.0782 e. The Morgan fingerprint density at radius 2 is 0.625 bits per heavy atom. The molecule has 0 radical (unpaired) electrons. The van der Waals surface area contributed by atoms with Gasteiger partial charge in [0.05, 0.1) is 33.4 Å². The highest BCUT2D eigenvalue weighted by atomic mass is 35.5. The first-order valence-corrected chi connectivity index (χ1v) is 29.0. The molecule has 11 aromatic rings. The number of nitrogens with zero attached hydrogens (tertiary/aromatic N) is 4. The van der Waals surface area contributed by atoms with Crippen molar-refractivity contribution in [2.75, 3.05) is 9.80 Å². The van der Waals surface area contributed by atoms with Crippen LogP contribution in [0.1, 0.15) is 132 Å². The summed E-state index contributed by atoms with van der Waals surface area (Å²) in [5.74, 6) is 0. The molecule has 9 aromatic carbocycles. The van der Waals surface area contributed by atoms with Crippen molar-refractivity contribution in [1.29, 1.82) is 0 Å². The van der Waals surface area contributed by atoms with E-state index in [4.69, 9.17) is 23.2 Å². The van der Waals surface area contributed by atoms with Crippen molar-refractivity contribution in [1.82, 2.24) is 9.13 Å². The number of halogens is 2. The van der Waals surface area contributed by atoms with Crippen LogP contribution in [-0.2, 0) is 27.1 Å². The van der Waals surface area contributed by atoms with Gasteiger partial charge in [-0.05, 0) is 182 Å². The summed E-state index contributed by atoms with van der Waals surface area (Å²) in [5.41, 5.74) is 18.1. The third kappa shape index (κ3) is 10.1. The van der Waals surface area contributed by atoms with Crippen LogP contribution >= 0.6 is 23.2 Å². The van der Waals surface area contributed by atoms with E-state index in [1.54, 1.807) is 0 Å². The van der Waals surface area contributed by atoms with E-state index in [-0.39, 0.29) is 27.1 Å². The SMILES string of the molecule is CC(C)(C)c1cc(N(c2cccc(Cl)c2)c2cc(C(C)(C)C)cc3c4cc(C(C)(C)C)ccc4n(-c4ccccc4)c23)cc(N(c2cccc(Cl)c2)c2cc(C(C)(C)C)cc3c4cc(C(C)(C)C)ccc4n(-c4ccccc4)c23)c1. The summed E-state index contributed by atoms with van der Waals surface area (Å²) in [6.45, 7) is 34.7. The summed E-state index contributed by atoms with van der Waals surface area (Å²) in [5, 5.41) is 6.15. The highest BCUT2D eigenvalue weighted by Gasteiger charge is 2.32. The molecule has 2 aromatic heterocycles. The van der Waals surface area contributed by atoms with Crippen molar-refractivity contribution in [2.45, 2.75) is 131 Å². The summed E-state index contributed by atoms with van der Waals surface area (Å²) in [4.78, 5) is 4.94. The zero-order valence-electron chi connectivity index (χ0n) is 49.4. The molecule has 6 heteroatoms. The summed E-state index contributed by atoms with van der Waals surface area (Å²) in [7, 11) is 0. The summed E-state index contributed by atoms with van der Waals surface area (Å²) in [6.07, 6.45) is 0. The molecule has 0 saturated heterocycles. The number of rotatable bonds is 8. The molecular weight excluding hydrogens is 1020 g/mol. The fraction of sp³-hybridized carbons (Fsp3) is 0.270. The van der Waals surface area contributed by atoms with E-state index in [0.29, 0.717) is 10.0 Å². The number of fused-ring (bicyclic) bond motifs is 6. The van der Waals surface area contributed by atoms with E-state index in [0.717, 1.165) is 67.6 Å². The molecule has 80 heavy (non-hydrogen) atoms. The molecule has 0 bridgehead atoms. The minimum absolute atomic E-state index is 0.0614. The lowest BCUT2D eigenvalue weighted by molar-refractivity contribution is 0.590. The number of aromatic nitrogens is 2. The van der Waals surface area contributed by atoms with Crippen molar-refractivity contribution >= 4 is 101 Å². The van der Waals surface area contributed by atoms with E-state index < -0.39 is 0 Å². The molecule has 0 aliphatic carbocycles. The summed E-state index contributed by atoms with van der Waals surface area (Å²) >= 11 is 14.4. The monoisotopic (exact) mass is 1090 g/mol. The maximum atomic E-state index is 7.18. The van der Waals surface area contributed by atoms with E-state index in [1.165, 1.54) is 49.4 Å². The van der Waals surface area contributed by atoms with Gasteiger partial charge in [0.25, 0.3) is 0 Å². The Labute approximate surface area is 485 Å². The van der Waals surface area contributed by atoms with Crippen LogP contribution in [0.5, 0.6) is 0 Å². The van der Waals surface area contributed by atoms with Crippen LogP contribution in [-0.4, -0.2) is 9.13 Å². The predicted molar refractivity (Wildman–Crippen MR) is 348 cm³/mol. The van der Waals surface area contributed by atoms with Gasteiger partial charge in [0.2, 0.25) is 0 Å². The van der Waals surface area contributed by atoms with E-state index in [2.05, 4.69) is 299 Å². The standard InChI is InChI=1S/C74H76Cl2N4/c1-70(2,3)47-32-34-64-60(38-47)62-40-50(73(10,11)12)42-66(68(62)79(64)54-26-18-16-19-27-54)77(56-30-22-24-52(75)44-56)58-36-49(72(7,8)9)37-59(46-58)78(57-31-23-25-53(76)45-57)67-43-51(74(13,14)15)41-63-61-39-48(71(4,5)6)33-35-65(61)80(69(63)67)55-28-20-17-21-29-55/h16-46H,1-15H3. The Morgan fingerprint density at radius 3 is 0.963 bits per heavy atom. The number of para-hydroxylation sites is 2. The van der Waals surface area contributed by atoms with Crippen molar-refractivity contribution in [2.24, 2.45) is 0 Å². The Morgan fingerprint density at radius 1 is 0.287 bits per heavy atom. The quantitative estimate of drug-likeness (QED) is 0.151.